The highest BCUT2D eigenvalue weighted by molar-refractivity contribution is 6.36. The van der Waals surface area contributed by atoms with Gasteiger partial charge in [0, 0.05) is 16.2 Å². The first-order valence-corrected chi connectivity index (χ1v) is 6.51. The van der Waals surface area contributed by atoms with E-state index in [1.807, 2.05) is 0 Å². The van der Waals surface area contributed by atoms with E-state index in [0.29, 0.717) is 21.5 Å². The molecule has 0 saturated heterocycles. The van der Waals surface area contributed by atoms with Gasteiger partial charge in [0.1, 0.15) is 0 Å². The SMILES string of the molecule is NC(Cc1c(Cl)cccc1Cl)c1ccc(Cl)cn1. The summed E-state index contributed by atoms with van der Waals surface area (Å²) < 4.78 is 0. The molecule has 1 aromatic carbocycles. The number of nitrogens with zero attached hydrogens (tertiary/aromatic N) is 1. The molecule has 5 heteroatoms. The summed E-state index contributed by atoms with van der Waals surface area (Å²) in [5.74, 6) is 0. The van der Waals surface area contributed by atoms with Gasteiger partial charge in [-0.2, -0.15) is 0 Å². The van der Waals surface area contributed by atoms with Crippen LogP contribution in [-0.2, 0) is 6.42 Å². The number of hydrogen-bond donors (Lipinski definition) is 1. The molecular formula is C13H11Cl3N2. The number of pyridine rings is 1. The molecule has 0 fully saturated rings. The van der Waals surface area contributed by atoms with Crippen LogP contribution in [0.25, 0.3) is 0 Å². The summed E-state index contributed by atoms with van der Waals surface area (Å²) in [5.41, 5.74) is 7.69. The summed E-state index contributed by atoms with van der Waals surface area (Å²) in [6.45, 7) is 0. The first-order valence-electron chi connectivity index (χ1n) is 5.38. The Morgan fingerprint density at radius 3 is 2.28 bits per heavy atom. The topological polar surface area (TPSA) is 38.9 Å². The van der Waals surface area contributed by atoms with Gasteiger partial charge in [0.25, 0.3) is 0 Å². The van der Waals surface area contributed by atoms with Gasteiger partial charge in [-0.15, -0.1) is 0 Å². The van der Waals surface area contributed by atoms with Crippen molar-refractivity contribution in [2.24, 2.45) is 5.73 Å². The molecule has 0 bridgehead atoms. The first-order chi connectivity index (χ1) is 8.58. The van der Waals surface area contributed by atoms with Gasteiger partial charge in [-0.05, 0) is 36.2 Å². The Labute approximate surface area is 121 Å². The molecule has 1 unspecified atom stereocenters. The fourth-order valence-corrected chi connectivity index (χ4v) is 2.32. The highest BCUT2D eigenvalue weighted by Crippen LogP contribution is 2.28. The van der Waals surface area contributed by atoms with Crippen LogP contribution in [0.5, 0.6) is 0 Å². The second-order valence-corrected chi connectivity index (χ2v) is 5.16. The van der Waals surface area contributed by atoms with E-state index in [2.05, 4.69) is 4.98 Å². The van der Waals surface area contributed by atoms with E-state index >= 15 is 0 Å². The Balaban J connectivity index is 2.21. The Morgan fingerprint density at radius 1 is 1.06 bits per heavy atom. The smallest absolute Gasteiger partial charge is 0.0589 e. The zero-order valence-electron chi connectivity index (χ0n) is 9.41. The molecule has 2 aromatic rings. The highest BCUT2D eigenvalue weighted by atomic mass is 35.5. The number of halogens is 3. The molecule has 94 valence electrons. The Morgan fingerprint density at radius 2 is 1.72 bits per heavy atom. The van der Waals surface area contributed by atoms with Crippen molar-refractivity contribution in [1.29, 1.82) is 0 Å². The first kappa shape index (κ1) is 13.6. The summed E-state index contributed by atoms with van der Waals surface area (Å²) in [5, 5.41) is 1.82. The van der Waals surface area contributed by atoms with E-state index in [4.69, 9.17) is 40.5 Å². The molecule has 0 aliphatic rings. The highest BCUT2D eigenvalue weighted by Gasteiger charge is 2.13. The van der Waals surface area contributed by atoms with Crippen molar-refractivity contribution in [1.82, 2.24) is 4.98 Å². The lowest BCUT2D eigenvalue weighted by Crippen LogP contribution is -2.15. The molecule has 2 N–H and O–H groups in total. The quantitative estimate of drug-likeness (QED) is 0.918. The van der Waals surface area contributed by atoms with Crippen LogP contribution < -0.4 is 5.73 Å². The van der Waals surface area contributed by atoms with Crippen molar-refractivity contribution in [2.45, 2.75) is 12.5 Å². The van der Waals surface area contributed by atoms with Crippen LogP contribution >= 0.6 is 34.8 Å². The molecule has 0 radical (unpaired) electrons. The summed E-state index contributed by atoms with van der Waals surface area (Å²) in [6.07, 6.45) is 2.11. The second kappa shape index (κ2) is 5.89. The summed E-state index contributed by atoms with van der Waals surface area (Å²) in [4.78, 5) is 4.19. The Hall–Kier alpha value is -0.800. The minimum atomic E-state index is -0.264. The molecule has 0 amide bonds. The van der Waals surface area contributed by atoms with Gasteiger partial charge < -0.3 is 5.73 Å². The molecule has 1 atom stereocenters. The predicted octanol–water partition coefficient (Wildman–Crippen LogP) is 4.28. The van der Waals surface area contributed by atoms with Crippen LogP contribution in [0.2, 0.25) is 15.1 Å². The van der Waals surface area contributed by atoms with Gasteiger partial charge >= 0.3 is 0 Å². The fourth-order valence-electron chi connectivity index (χ4n) is 1.66. The van der Waals surface area contributed by atoms with Crippen molar-refractivity contribution < 1.29 is 0 Å². The molecule has 18 heavy (non-hydrogen) atoms. The lowest BCUT2D eigenvalue weighted by Gasteiger charge is -2.13. The van der Waals surface area contributed by atoms with E-state index < -0.39 is 0 Å². The summed E-state index contributed by atoms with van der Waals surface area (Å²) >= 11 is 18.0. The van der Waals surface area contributed by atoms with E-state index in [1.54, 1.807) is 36.5 Å². The summed E-state index contributed by atoms with van der Waals surface area (Å²) in [7, 11) is 0. The van der Waals surface area contributed by atoms with Gasteiger partial charge in [-0.3, -0.25) is 4.98 Å². The van der Waals surface area contributed by atoms with Gasteiger partial charge in [0.05, 0.1) is 16.8 Å². The van der Waals surface area contributed by atoms with Crippen molar-refractivity contribution in [3.8, 4) is 0 Å². The number of aromatic nitrogens is 1. The third-order valence-corrected chi connectivity index (χ3v) is 3.55. The molecule has 2 nitrogen and oxygen atoms in total. The molecule has 2 rings (SSSR count). The molecule has 0 aliphatic heterocycles. The normalized spacial score (nSPS) is 12.4. The van der Waals surface area contributed by atoms with Crippen LogP contribution in [0, 0.1) is 0 Å². The van der Waals surface area contributed by atoms with Crippen molar-refractivity contribution in [3.63, 3.8) is 0 Å². The monoisotopic (exact) mass is 300 g/mol. The van der Waals surface area contributed by atoms with Gasteiger partial charge in [0.2, 0.25) is 0 Å². The maximum absolute atomic E-state index is 6.10. The van der Waals surface area contributed by atoms with Crippen molar-refractivity contribution in [3.05, 3.63) is 62.9 Å². The predicted molar refractivity (Wildman–Crippen MR) is 76.3 cm³/mol. The van der Waals surface area contributed by atoms with Crippen LogP contribution in [0.3, 0.4) is 0 Å². The van der Waals surface area contributed by atoms with Gasteiger partial charge in [0.15, 0.2) is 0 Å². The van der Waals surface area contributed by atoms with E-state index in [0.717, 1.165) is 11.3 Å². The maximum Gasteiger partial charge on any atom is 0.0589 e. The fraction of sp³-hybridized carbons (Fsp3) is 0.154. The lowest BCUT2D eigenvalue weighted by molar-refractivity contribution is 0.697. The average Bonchev–Trinajstić information content (AvgIpc) is 2.34. The minimum absolute atomic E-state index is 0.264. The van der Waals surface area contributed by atoms with E-state index in [-0.39, 0.29) is 6.04 Å². The zero-order valence-corrected chi connectivity index (χ0v) is 11.7. The molecule has 0 aliphatic carbocycles. The average molecular weight is 302 g/mol. The number of benzene rings is 1. The Kier molecular flexibility index (Phi) is 4.46. The minimum Gasteiger partial charge on any atom is -0.322 e. The largest absolute Gasteiger partial charge is 0.322 e. The maximum atomic E-state index is 6.10. The number of nitrogens with two attached hydrogens (primary N) is 1. The van der Waals surface area contributed by atoms with Crippen LogP contribution in [-0.4, -0.2) is 4.98 Å². The molecule has 0 saturated carbocycles. The van der Waals surface area contributed by atoms with Gasteiger partial charge in [-0.1, -0.05) is 40.9 Å². The van der Waals surface area contributed by atoms with Crippen LogP contribution in [0.1, 0.15) is 17.3 Å². The molecule has 0 spiro atoms. The second-order valence-electron chi connectivity index (χ2n) is 3.91. The zero-order chi connectivity index (χ0) is 13.1. The van der Waals surface area contributed by atoms with Crippen LogP contribution in [0.4, 0.5) is 0 Å². The van der Waals surface area contributed by atoms with E-state index in [9.17, 15) is 0 Å². The standard InChI is InChI=1S/C13H11Cl3N2/c14-8-4-5-13(18-7-8)12(17)6-9-10(15)2-1-3-11(9)16/h1-5,7,12H,6,17H2. The lowest BCUT2D eigenvalue weighted by atomic mass is 10.0. The van der Waals surface area contributed by atoms with Crippen molar-refractivity contribution in [2.75, 3.05) is 0 Å². The molecular weight excluding hydrogens is 291 g/mol. The number of hydrogen-bond acceptors (Lipinski definition) is 2. The molecule has 1 aromatic heterocycles. The van der Waals surface area contributed by atoms with Crippen molar-refractivity contribution >= 4 is 34.8 Å². The number of rotatable bonds is 3. The van der Waals surface area contributed by atoms with Gasteiger partial charge in [-0.25, -0.2) is 0 Å². The molecule has 1 heterocycles. The van der Waals surface area contributed by atoms with E-state index in [1.165, 1.54) is 0 Å². The third kappa shape index (κ3) is 3.15. The summed E-state index contributed by atoms with van der Waals surface area (Å²) in [6, 6.07) is 8.70. The van der Waals surface area contributed by atoms with Crippen LogP contribution in [0.15, 0.2) is 36.5 Å². The Bertz CT molecular complexity index is 520. The third-order valence-electron chi connectivity index (χ3n) is 2.62.